The number of ketones is 1. The summed E-state index contributed by atoms with van der Waals surface area (Å²) in [5.74, 6) is -0.292. The maximum atomic E-state index is 12.1. The number of carbonyl (C=O) groups excluding carboxylic acids is 2. The van der Waals surface area contributed by atoms with Gasteiger partial charge in [-0.05, 0) is 49.7 Å². The molecule has 3 nitrogen and oxygen atoms in total. The number of ether oxygens (including phenoxy) is 1. The first-order valence-electron chi connectivity index (χ1n) is 7.43. The molecular formula is C17H22O3. The molecule has 0 spiro atoms. The van der Waals surface area contributed by atoms with Gasteiger partial charge in [0.05, 0.1) is 0 Å². The summed E-state index contributed by atoms with van der Waals surface area (Å²) in [6.45, 7) is 1.37. The minimum Gasteiger partial charge on any atom is -0.455 e. The molecule has 2 aliphatic rings. The molecule has 0 amide bonds. The normalized spacial score (nSPS) is 20.6. The van der Waals surface area contributed by atoms with E-state index in [1.54, 1.807) is 0 Å². The Balaban J connectivity index is 2.04. The highest BCUT2D eigenvalue weighted by molar-refractivity contribution is 5.85. The second-order valence-electron chi connectivity index (χ2n) is 5.48. The predicted octanol–water partition coefficient (Wildman–Crippen LogP) is 3.24. The molecule has 0 heterocycles. The van der Waals surface area contributed by atoms with Gasteiger partial charge in [0.1, 0.15) is 0 Å². The molecule has 0 aliphatic heterocycles. The fraction of sp³-hybridized carbons (Fsp3) is 0.529. The average Bonchev–Trinajstić information content (AvgIpc) is 2.44. The van der Waals surface area contributed by atoms with Crippen LogP contribution in [-0.4, -0.2) is 17.9 Å². The van der Waals surface area contributed by atoms with Crippen LogP contribution in [0.4, 0.5) is 0 Å². The minimum atomic E-state index is -0.549. The summed E-state index contributed by atoms with van der Waals surface area (Å²) in [6.07, 6.45) is 5.23. The monoisotopic (exact) mass is 274 g/mol. The summed E-state index contributed by atoms with van der Waals surface area (Å²) in [5, 5.41) is 0. The Hall–Kier alpha value is -1.64. The first-order chi connectivity index (χ1) is 9.65. The molecule has 3 heteroatoms. The summed E-state index contributed by atoms with van der Waals surface area (Å²) in [4.78, 5) is 23.2. The van der Waals surface area contributed by atoms with Gasteiger partial charge in [0.2, 0.25) is 0 Å². The van der Waals surface area contributed by atoms with Crippen molar-refractivity contribution in [2.24, 2.45) is 0 Å². The first-order valence-corrected chi connectivity index (χ1v) is 7.43. The predicted molar refractivity (Wildman–Crippen MR) is 77.5 cm³/mol. The van der Waals surface area contributed by atoms with E-state index in [1.807, 2.05) is 0 Å². The van der Waals surface area contributed by atoms with E-state index in [9.17, 15) is 9.59 Å². The van der Waals surface area contributed by atoms with Crippen LogP contribution < -0.4 is 0 Å². The third-order valence-corrected chi connectivity index (χ3v) is 3.76. The van der Waals surface area contributed by atoms with E-state index in [-0.39, 0.29) is 11.8 Å². The van der Waals surface area contributed by atoms with Gasteiger partial charge in [-0.2, -0.15) is 0 Å². The van der Waals surface area contributed by atoms with E-state index in [2.05, 4.69) is 24.3 Å². The number of aryl methyl sites for hydroxylation is 2. The zero-order valence-electron chi connectivity index (χ0n) is 12.1. The molecular weight excluding hydrogens is 252 g/mol. The third kappa shape index (κ3) is 4.48. The van der Waals surface area contributed by atoms with E-state index >= 15 is 0 Å². The van der Waals surface area contributed by atoms with Gasteiger partial charge in [0.15, 0.2) is 11.9 Å². The van der Waals surface area contributed by atoms with E-state index < -0.39 is 6.10 Å². The van der Waals surface area contributed by atoms with Crippen LogP contribution in [0.5, 0.6) is 0 Å². The van der Waals surface area contributed by atoms with Crippen LogP contribution in [0.3, 0.4) is 0 Å². The topological polar surface area (TPSA) is 43.4 Å². The Bertz CT molecular complexity index is 462. The van der Waals surface area contributed by atoms with Crippen LogP contribution in [-0.2, 0) is 27.2 Å². The van der Waals surface area contributed by atoms with Crippen LogP contribution in [0.15, 0.2) is 24.3 Å². The number of esters is 1. The Morgan fingerprint density at radius 2 is 1.55 bits per heavy atom. The quantitative estimate of drug-likeness (QED) is 0.738. The molecule has 2 bridgehead atoms. The lowest BCUT2D eigenvalue weighted by Gasteiger charge is -2.15. The lowest BCUT2D eigenvalue weighted by Crippen LogP contribution is -2.26. The van der Waals surface area contributed by atoms with Crippen LogP contribution in [0.25, 0.3) is 0 Å². The number of Topliss-reactive ketones (excluding diaryl/α,β-unsaturated/α-hetero) is 1. The second kappa shape index (κ2) is 7.22. The smallest absolute Gasteiger partial charge is 0.303 e. The fourth-order valence-electron chi connectivity index (χ4n) is 2.64. The van der Waals surface area contributed by atoms with E-state index in [0.717, 1.165) is 32.1 Å². The molecule has 0 saturated carbocycles. The maximum Gasteiger partial charge on any atom is 0.303 e. The van der Waals surface area contributed by atoms with Crippen molar-refractivity contribution in [1.29, 1.82) is 0 Å². The van der Waals surface area contributed by atoms with Gasteiger partial charge >= 0.3 is 5.97 Å². The highest BCUT2D eigenvalue weighted by Gasteiger charge is 2.20. The summed E-state index contributed by atoms with van der Waals surface area (Å²) >= 11 is 0. The number of rotatable bonds is 1. The molecule has 108 valence electrons. The Morgan fingerprint density at radius 3 is 2.15 bits per heavy atom. The molecule has 0 fully saturated rings. The van der Waals surface area contributed by atoms with Crippen LogP contribution in [0.1, 0.15) is 50.2 Å². The summed E-state index contributed by atoms with van der Waals surface area (Å²) < 4.78 is 5.18. The van der Waals surface area contributed by atoms with Gasteiger partial charge < -0.3 is 4.74 Å². The van der Waals surface area contributed by atoms with Crippen molar-refractivity contribution in [2.45, 2.75) is 58.0 Å². The largest absolute Gasteiger partial charge is 0.455 e. The summed E-state index contributed by atoms with van der Waals surface area (Å²) in [6, 6.07) is 8.68. The molecule has 0 radical (unpaired) electrons. The van der Waals surface area contributed by atoms with Gasteiger partial charge in [-0.3, -0.25) is 9.59 Å². The minimum absolute atomic E-state index is 0.0720. The van der Waals surface area contributed by atoms with Crippen molar-refractivity contribution < 1.29 is 14.3 Å². The fourth-order valence-corrected chi connectivity index (χ4v) is 2.64. The SMILES string of the molecule is CC(=O)O[C@H]1CCCc2ccc(cc2)CCCCC1=O. The number of fused-ring (bicyclic) bond motifs is 10. The number of hydrogen-bond donors (Lipinski definition) is 0. The lowest BCUT2D eigenvalue weighted by atomic mass is 10.0. The van der Waals surface area contributed by atoms with Crippen molar-refractivity contribution in [3.8, 4) is 0 Å². The van der Waals surface area contributed by atoms with Gasteiger partial charge in [-0.15, -0.1) is 0 Å². The van der Waals surface area contributed by atoms with Crippen molar-refractivity contribution in [3.63, 3.8) is 0 Å². The lowest BCUT2D eigenvalue weighted by molar-refractivity contribution is -0.153. The molecule has 0 unspecified atom stereocenters. The highest BCUT2D eigenvalue weighted by Crippen LogP contribution is 2.16. The first kappa shape index (κ1) is 14.8. The molecule has 1 aromatic rings. The molecule has 1 aromatic carbocycles. The third-order valence-electron chi connectivity index (χ3n) is 3.76. The molecule has 0 saturated heterocycles. The van der Waals surface area contributed by atoms with Crippen molar-refractivity contribution in [1.82, 2.24) is 0 Å². The van der Waals surface area contributed by atoms with Crippen molar-refractivity contribution in [3.05, 3.63) is 35.4 Å². The molecule has 3 rings (SSSR count). The number of hydrogen-bond acceptors (Lipinski definition) is 3. The molecule has 0 aromatic heterocycles. The van der Waals surface area contributed by atoms with Crippen molar-refractivity contribution in [2.75, 3.05) is 0 Å². The molecule has 20 heavy (non-hydrogen) atoms. The zero-order valence-corrected chi connectivity index (χ0v) is 12.1. The Labute approximate surface area is 120 Å². The summed E-state index contributed by atoms with van der Waals surface area (Å²) in [5.41, 5.74) is 2.61. The van der Waals surface area contributed by atoms with Crippen LogP contribution in [0, 0.1) is 0 Å². The number of carbonyl (C=O) groups is 2. The summed E-state index contributed by atoms with van der Waals surface area (Å²) in [7, 11) is 0. The molecule has 1 atom stereocenters. The average molecular weight is 274 g/mol. The molecule has 2 aliphatic carbocycles. The Morgan fingerprint density at radius 1 is 1.00 bits per heavy atom. The Kier molecular flexibility index (Phi) is 5.33. The van der Waals surface area contributed by atoms with E-state index in [4.69, 9.17) is 4.74 Å². The molecule has 0 N–H and O–H groups in total. The number of benzene rings is 1. The van der Waals surface area contributed by atoms with Crippen LogP contribution >= 0.6 is 0 Å². The highest BCUT2D eigenvalue weighted by atomic mass is 16.5. The van der Waals surface area contributed by atoms with Gasteiger partial charge in [0.25, 0.3) is 0 Å². The van der Waals surface area contributed by atoms with Crippen LogP contribution in [0.2, 0.25) is 0 Å². The van der Waals surface area contributed by atoms with E-state index in [0.29, 0.717) is 12.8 Å². The van der Waals surface area contributed by atoms with Gasteiger partial charge in [-0.1, -0.05) is 24.3 Å². The van der Waals surface area contributed by atoms with E-state index in [1.165, 1.54) is 18.1 Å². The van der Waals surface area contributed by atoms with Crippen molar-refractivity contribution >= 4 is 11.8 Å². The van der Waals surface area contributed by atoms with Gasteiger partial charge in [0, 0.05) is 13.3 Å². The second-order valence-corrected chi connectivity index (χ2v) is 5.48. The zero-order chi connectivity index (χ0) is 14.4. The van der Waals surface area contributed by atoms with Gasteiger partial charge in [-0.25, -0.2) is 0 Å². The standard InChI is InChI=1S/C17H22O3/c1-13(18)20-17-8-4-6-15-11-9-14(10-12-15)5-2-3-7-16(17)19/h9-12,17H,2-8H2,1H3/t17-/m0/s1. The maximum absolute atomic E-state index is 12.1.